The number of aromatic amines is 1. The first kappa shape index (κ1) is 18.8. The summed E-state index contributed by atoms with van der Waals surface area (Å²) < 4.78 is 43.3. The van der Waals surface area contributed by atoms with Crippen molar-refractivity contribution in [3.05, 3.63) is 61.4 Å². The monoisotopic (exact) mass is 376 g/mol. The number of carbonyl (C=O) groups excluding carboxylic acids is 1. The number of aromatic nitrogens is 2. The number of esters is 1. The van der Waals surface area contributed by atoms with Crippen LogP contribution in [0.4, 0.5) is 13.2 Å². The SMILES string of the molecule is CC(C)OC(=O)c1cc(-n2c(=O)cc(C(F)(F)F)[nH]c2=O)ccc1Cl. The van der Waals surface area contributed by atoms with Crippen molar-refractivity contribution in [2.45, 2.75) is 26.1 Å². The fraction of sp³-hybridized carbons (Fsp3) is 0.267. The normalized spacial score (nSPS) is 11.6. The van der Waals surface area contributed by atoms with Crippen LogP contribution in [0, 0.1) is 0 Å². The molecule has 6 nitrogen and oxygen atoms in total. The molecule has 0 bridgehead atoms. The Morgan fingerprint density at radius 2 is 1.88 bits per heavy atom. The van der Waals surface area contributed by atoms with Gasteiger partial charge in [0.2, 0.25) is 0 Å². The topological polar surface area (TPSA) is 81.2 Å². The average molecular weight is 377 g/mol. The van der Waals surface area contributed by atoms with Crippen molar-refractivity contribution in [3.8, 4) is 5.69 Å². The van der Waals surface area contributed by atoms with Crippen LogP contribution in [0.25, 0.3) is 5.69 Å². The van der Waals surface area contributed by atoms with Crippen LogP contribution in [-0.2, 0) is 10.9 Å². The Labute approximate surface area is 143 Å². The van der Waals surface area contributed by atoms with Gasteiger partial charge in [0.05, 0.1) is 22.4 Å². The van der Waals surface area contributed by atoms with Gasteiger partial charge in [-0.05, 0) is 32.0 Å². The van der Waals surface area contributed by atoms with Crippen LogP contribution in [0.3, 0.4) is 0 Å². The van der Waals surface area contributed by atoms with Gasteiger partial charge in [0, 0.05) is 6.07 Å². The molecule has 0 saturated carbocycles. The number of benzene rings is 1. The van der Waals surface area contributed by atoms with Crippen molar-refractivity contribution in [1.29, 1.82) is 0 Å². The number of H-pyrrole nitrogens is 1. The minimum absolute atomic E-state index is 0.00536. The summed E-state index contributed by atoms with van der Waals surface area (Å²) in [5, 5.41) is 0.00536. The maximum atomic E-state index is 12.6. The molecule has 0 aliphatic rings. The van der Waals surface area contributed by atoms with E-state index in [0.717, 1.165) is 6.07 Å². The van der Waals surface area contributed by atoms with E-state index in [1.54, 1.807) is 18.8 Å². The largest absolute Gasteiger partial charge is 0.459 e. The van der Waals surface area contributed by atoms with E-state index >= 15 is 0 Å². The lowest BCUT2D eigenvalue weighted by Gasteiger charge is -2.12. The highest BCUT2D eigenvalue weighted by Crippen LogP contribution is 2.26. The molecule has 1 N–H and O–H groups in total. The second-order valence-corrected chi connectivity index (χ2v) is 5.68. The zero-order valence-corrected chi connectivity index (χ0v) is 13.7. The molecule has 25 heavy (non-hydrogen) atoms. The lowest BCUT2D eigenvalue weighted by molar-refractivity contribution is -0.141. The van der Waals surface area contributed by atoms with Crippen LogP contribution in [-0.4, -0.2) is 21.6 Å². The summed E-state index contributed by atoms with van der Waals surface area (Å²) in [6, 6.07) is 3.80. The second-order valence-electron chi connectivity index (χ2n) is 5.28. The summed E-state index contributed by atoms with van der Waals surface area (Å²) in [6.45, 7) is 3.22. The molecule has 1 aromatic heterocycles. The molecule has 0 fully saturated rings. The van der Waals surface area contributed by atoms with Gasteiger partial charge in [-0.25, -0.2) is 14.2 Å². The molecular formula is C15H12ClF3N2O4. The van der Waals surface area contributed by atoms with Gasteiger partial charge in [-0.3, -0.25) is 4.79 Å². The molecule has 0 spiro atoms. The molecule has 10 heteroatoms. The number of nitrogens with one attached hydrogen (secondary N) is 1. The Morgan fingerprint density at radius 3 is 2.40 bits per heavy atom. The van der Waals surface area contributed by atoms with Gasteiger partial charge >= 0.3 is 17.8 Å². The standard InChI is InChI=1S/C15H12ClF3N2O4/c1-7(2)25-13(23)9-5-8(3-4-10(9)16)21-12(22)6-11(15(17,18)19)20-14(21)24/h3-7H,1-2H3,(H,20,24). The third kappa shape index (κ3) is 4.11. The highest BCUT2D eigenvalue weighted by Gasteiger charge is 2.33. The fourth-order valence-corrected chi connectivity index (χ4v) is 2.17. The first-order valence-electron chi connectivity index (χ1n) is 6.95. The lowest BCUT2D eigenvalue weighted by atomic mass is 10.2. The quantitative estimate of drug-likeness (QED) is 0.835. The van der Waals surface area contributed by atoms with Crippen LogP contribution in [0.2, 0.25) is 5.02 Å². The van der Waals surface area contributed by atoms with E-state index in [0.29, 0.717) is 4.57 Å². The predicted octanol–water partition coefficient (Wildman–Crippen LogP) is 2.76. The maximum Gasteiger partial charge on any atom is 0.431 e. The van der Waals surface area contributed by atoms with E-state index in [1.807, 2.05) is 0 Å². The molecule has 2 rings (SSSR count). The molecule has 0 atom stereocenters. The Bertz CT molecular complexity index is 900. The van der Waals surface area contributed by atoms with E-state index in [9.17, 15) is 27.6 Å². The number of hydrogen-bond donors (Lipinski definition) is 1. The van der Waals surface area contributed by atoms with Gasteiger partial charge in [-0.15, -0.1) is 0 Å². The average Bonchev–Trinajstić information content (AvgIpc) is 2.46. The third-order valence-electron chi connectivity index (χ3n) is 3.01. The van der Waals surface area contributed by atoms with Crippen LogP contribution in [0.15, 0.2) is 33.9 Å². The number of nitrogens with zero attached hydrogens (tertiary/aromatic N) is 1. The summed E-state index contributed by atoms with van der Waals surface area (Å²) in [5.41, 5.74) is -4.22. The van der Waals surface area contributed by atoms with Crippen molar-refractivity contribution < 1.29 is 22.7 Å². The maximum absolute atomic E-state index is 12.6. The molecule has 0 amide bonds. The third-order valence-corrected chi connectivity index (χ3v) is 3.34. The molecule has 2 aromatic rings. The molecule has 0 radical (unpaired) electrons. The van der Waals surface area contributed by atoms with Gasteiger partial charge in [0.15, 0.2) is 0 Å². The van der Waals surface area contributed by atoms with E-state index in [-0.39, 0.29) is 22.3 Å². The van der Waals surface area contributed by atoms with Crippen LogP contribution in [0.1, 0.15) is 29.9 Å². The van der Waals surface area contributed by atoms with E-state index < -0.39 is 35.2 Å². The summed E-state index contributed by atoms with van der Waals surface area (Å²) in [4.78, 5) is 37.4. The smallest absolute Gasteiger partial charge is 0.431 e. The Kier molecular flexibility index (Phi) is 5.07. The number of alkyl halides is 3. The summed E-state index contributed by atoms with van der Waals surface area (Å²) in [6.07, 6.45) is -5.31. The zero-order chi connectivity index (χ0) is 18.9. The number of halogens is 4. The molecule has 134 valence electrons. The van der Waals surface area contributed by atoms with Crippen LogP contribution >= 0.6 is 11.6 Å². The Balaban J connectivity index is 2.59. The van der Waals surface area contributed by atoms with E-state index in [2.05, 4.69) is 0 Å². The molecule has 0 aliphatic heterocycles. The van der Waals surface area contributed by atoms with E-state index in [1.165, 1.54) is 12.1 Å². The molecule has 0 saturated heterocycles. The molecule has 0 unspecified atom stereocenters. The number of hydrogen-bond acceptors (Lipinski definition) is 4. The molecular weight excluding hydrogens is 365 g/mol. The summed E-state index contributed by atoms with van der Waals surface area (Å²) in [7, 11) is 0. The Hall–Kier alpha value is -2.55. The molecule has 1 aromatic carbocycles. The highest BCUT2D eigenvalue weighted by molar-refractivity contribution is 6.33. The van der Waals surface area contributed by atoms with Crippen molar-refractivity contribution in [3.63, 3.8) is 0 Å². The van der Waals surface area contributed by atoms with Crippen molar-refractivity contribution in [2.24, 2.45) is 0 Å². The minimum Gasteiger partial charge on any atom is -0.459 e. The highest BCUT2D eigenvalue weighted by atomic mass is 35.5. The molecule has 0 aliphatic carbocycles. The van der Waals surface area contributed by atoms with Gasteiger partial charge in [0.25, 0.3) is 5.56 Å². The zero-order valence-electron chi connectivity index (χ0n) is 13.0. The first-order valence-corrected chi connectivity index (χ1v) is 7.33. The Morgan fingerprint density at radius 1 is 1.24 bits per heavy atom. The second kappa shape index (κ2) is 6.75. The van der Waals surface area contributed by atoms with Gasteiger partial charge in [0.1, 0.15) is 5.69 Å². The summed E-state index contributed by atoms with van der Waals surface area (Å²) in [5.74, 6) is -0.793. The number of carbonyl (C=O) groups is 1. The number of ether oxygens (including phenoxy) is 1. The van der Waals surface area contributed by atoms with Crippen LogP contribution < -0.4 is 11.2 Å². The minimum atomic E-state index is -4.87. The number of rotatable bonds is 3. The van der Waals surface area contributed by atoms with Gasteiger partial charge in [-0.2, -0.15) is 13.2 Å². The first-order chi connectivity index (χ1) is 11.5. The van der Waals surface area contributed by atoms with Gasteiger partial charge < -0.3 is 9.72 Å². The van der Waals surface area contributed by atoms with E-state index in [4.69, 9.17) is 16.3 Å². The van der Waals surface area contributed by atoms with Crippen molar-refractivity contribution in [2.75, 3.05) is 0 Å². The fourth-order valence-electron chi connectivity index (χ4n) is 1.98. The van der Waals surface area contributed by atoms with Crippen molar-refractivity contribution >= 4 is 17.6 Å². The molecule has 1 heterocycles. The lowest BCUT2D eigenvalue weighted by Crippen LogP contribution is -2.35. The van der Waals surface area contributed by atoms with Gasteiger partial charge in [-0.1, -0.05) is 11.6 Å². The van der Waals surface area contributed by atoms with Crippen LogP contribution in [0.5, 0.6) is 0 Å². The summed E-state index contributed by atoms with van der Waals surface area (Å²) >= 11 is 5.90. The van der Waals surface area contributed by atoms with Crippen molar-refractivity contribution in [1.82, 2.24) is 9.55 Å². The predicted molar refractivity (Wildman–Crippen MR) is 83.2 cm³/mol.